The van der Waals surface area contributed by atoms with Crippen molar-refractivity contribution in [2.24, 2.45) is 33.7 Å². The molecule has 0 amide bonds. The Morgan fingerprint density at radius 3 is 1.25 bits per heavy atom. The van der Waals surface area contributed by atoms with Crippen LogP contribution in [0.25, 0.3) is 0 Å². The highest BCUT2D eigenvalue weighted by Crippen LogP contribution is 2.08. The number of nitrogens with zero attached hydrogens (tertiary/aromatic N) is 2. The summed E-state index contributed by atoms with van der Waals surface area (Å²) in [7, 11) is 0. The van der Waals surface area contributed by atoms with Gasteiger partial charge < -0.3 is 0 Å². The summed E-state index contributed by atoms with van der Waals surface area (Å²) in [6.45, 7) is 15.5. The van der Waals surface area contributed by atoms with Crippen LogP contribution >= 0.6 is 0 Å². The van der Waals surface area contributed by atoms with E-state index in [1.54, 1.807) is 0 Å². The molecule has 2 unspecified atom stereocenters. The summed E-state index contributed by atoms with van der Waals surface area (Å²) in [6, 6.07) is 0. The van der Waals surface area contributed by atoms with Gasteiger partial charge in [0.05, 0.1) is 0 Å². The van der Waals surface area contributed by atoms with Gasteiger partial charge in [-0.05, 0) is 36.5 Å². The van der Waals surface area contributed by atoms with Gasteiger partial charge in [-0.15, -0.1) is 0 Å². The van der Waals surface area contributed by atoms with E-state index >= 15 is 0 Å². The average molecular weight is 280 g/mol. The summed E-state index contributed by atoms with van der Waals surface area (Å²) in [6.07, 6.45) is 9.25. The second kappa shape index (κ2) is 12.1. The molecule has 20 heavy (non-hydrogen) atoms. The normalized spacial score (nSPS) is 15.8. The van der Waals surface area contributed by atoms with Crippen LogP contribution in [0.1, 0.15) is 67.2 Å². The molecule has 0 rings (SSSR count). The fraction of sp³-hybridized carbons (Fsp3) is 0.889. The zero-order valence-electron chi connectivity index (χ0n) is 14.6. The molecule has 118 valence electrons. The Morgan fingerprint density at radius 1 is 0.600 bits per heavy atom. The lowest BCUT2D eigenvalue weighted by atomic mass is 10.00. The van der Waals surface area contributed by atoms with Crippen molar-refractivity contribution in [3.63, 3.8) is 0 Å². The Labute approximate surface area is 127 Å². The molecule has 2 nitrogen and oxygen atoms in total. The largest absolute Gasteiger partial charge is 0.297 e. The topological polar surface area (TPSA) is 24.7 Å². The second-order valence-corrected chi connectivity index (χ2v) is 6.73. The van der Waals surface area contributed by atoms with Crippen LogP contribution in [0.3, 0.4) is 0 Å². The first-order valence-electron chi connectivity index (χ1n) is 8.45. The molecule has 0 radical (unpaired) electrons. The molecular formula is C18H36N2. The van der Waals surface area contributed by atoms with E-state index in [0.29, 0.717) is 23.7 Å². The standard InChI is InChI=1S/C18H36N2/c1-15(2)17(5)13-19-11-9-7-8-10-12-20-14-18(6)16(3)4/h13-18H,7-12H2,1-6H3. The van der Waals surface area contributed by atoms with E-state index < -0.39 is 0 Å². The highest BCUT2D eigenvalue weighted by Gasteiger charge is 2.02. The Balaban J connectivity index is 3.41. The summed E-state index contributed by atoms with van der Waals surface area (Å²) in [5.41, 5.74) is 0. The van der Waals surface area contributed by atoms with Crippen LogP contribution in [0.2, 0.25) is 0 Å². The monoisotopic (exact) mass is 280 g/mol. The van der Waals surface area contributed by atoms with Gasteiger partial charge in [-0.25, -0.2) is 0 Å². The quantitative estimate of drug-likeness (QED) is 0.364. The predicted octanol–water partition coefficient (Wildman–Crippen LogP) is 5.27. The van der Waals surface area contributed by atoms with Crippen molar-refractivity contribution in [2.75, 3.05) is 13.1 Å². The van der Waals surface area contributed by atoms with Gasteiger partial charge >= 0.3 is 0 Å². The van der Waals surface area contributed by atoms with E-state index in [2.05, 4.69) is 64.0 Å². The SMILES string of the molecule is CC(C)C(C)C=NCCCCCCN=CC(C)C(C)C. The van der Waals surface area contributed by atoms with Crippen LogP contribution in [0.15, 0.2) is 9.98 Å². The molecule has 0 aliphatic heterocycles. The molecule has 0 heterocycles. The third-order valence-electron chi connectivity index (χ3n) is 4.11. The van der Waals surface area contributed by atoms with Gasteiger partial charge in [-0.2, -0.15) is 0 Å². The van der Waals surface area contributed by atoms with Crippen LogP contribution < -0.4 is 0 Å². The van der Waals surface area contributed by atoms with Crippen molar-refractivity contribution >= 4 is 12.4 Å². The zero-order chi connectivity index (χ0) is 15.4. The maximum absolute atomic E-state index is 4.51. The van der Waals surface area contributed by atoms with E-state index in [-0.39, 0.29) is 0 Å². The van der Waals surface area contributed by atoms with Gasteiger partial charge in [0.15, 0.2) is 0 Å². The van der Waals surface area contributed by atoms with Gasteiger partial charge in [-0.1, -0.05) is 54.4 Å². The minimum absolute atomic E-state index is 0.604. The third kappa shape index (κ3) is 11.2. The fourth-order valence-corrected chi connectivity index (χ4v) is 1.59. The first kappa shape index (κ1) is 19.3. The minimum atomic E-state index is 0.604. The molecule has 2 heteroatoms. The van der Waals surface area contributed by atoms with Crippen molar-refractivity contribution in [2.45, 2.75) is 67.2 Å². The van der Waals surface area contributed by atoms with Crippen molar-refractivity contribution in [1.82, 2.24) is 0 Å². The number of hydrogen-bond acceptors (Lipinski definition) is 2. The van der Waals surface area contributed by atoms with Crippen molar-refractivity contribution in [1.29, 1.82) is 0 Å². The van der Waals surface area contributed by atoms with E-state index in [1.807, 2.05) is 0 Å². The van der Waals surface area contributed by atoms with Crippen LogP contribution in [0, 0.1) is 23.7 Å². The van der Waals surface area contributed by atoms with Gasteiger partial charge in [0.1, 0.15) is 0 Å². The Morgan fingerprint density at radius 2 is 0.950 bits per heavy atom. The van der Waals surface area contributed by atoms with Gasteiger partial charge in [0.2, 0.25) is 0 Å². The maximum Gasteiger partial charge on any atom is 0.0385 e. The van der Waals surface area contributed by atoms with Crippen molar-refractivity contribution < 1.29 is 0 Å². The lowest BCUT2D eigenvalue weighted by Gasteiger charge is -2.08. The fourth-order valence-electron chi connectivity index (χ4n) is 1.59. The van der Waals surface area contributed by atoms with Crippen LogP contribution in [-0.4, -0.2) is 25.5 Å². The lowest BCUT2D eigenvalue weighted by Crippen LogP contribution is -2.05. The van der Waals surface area contributed by atoms with E-state index in [1.165, 1.54) is 25.7 Å². The number of unbranched alkanes of at least 4 members (excludes halogenated alkanes) is 3. The second-order valence-electron chi connectivity index (χ2n) is 6.73. The number of hydrogen-bond donors (Lipinski definition) is 0. The van der Waals surface area contributed by atoms with Gasteiger partial charge in [0, 0.05) is 25.5 Å². The minimum Gasteiger partial charge on any atom is -0.297 e. The molecule has 0 aliphatic carbocycles. The Kier molecular flexibility index (Phi) is 11.7. The molecule has 0 fully saturated rings. The number of rotatable bonds is 11. The Hall–Kier alpha value is -0.660. The van der Waals surface area contributed by atoms with E-state index in [0.717, 1.165) is 13.1 Å². The third-order valence-corrected chi connectivity index (χ3v) is 4.11. The highest BCUT2D eigenvalue weighted by atomic mass is 14.7. The summed E-state index contributed by atoms with van der Waals surface area (Å²) in [5, 5.41) is 0. The molecule has 0 spiro atoms. The van der Waals surface area contributed by atoms with Crippen LogP contribution in [-0.2, 0) is 0 Å². The first-order valence-corrected chi connectivity index (χ1v) is 8.45. The van der Waals surface area contributed by atoms with Gasteiger partial charge in [0.25, 0.3) is 0 Å². The molecule has 0 aliphatic rings. The summed E-state index contributed by atoms with van der Waals surface area (Å²) in [4.78, 5) is 9.03. The predicted molar refractivity (Wildman–Crippen MR) is 93.2 cm³/mol. The highest BCUT2D eigenvalue weighted by molar-refractivity contribution is 5.60. The molecule has 0 bridgehead atoms. The van der Waals surface area contributed by atoms with Crippen LogP contribution in [0.4, 0.5) is 0 Å². The van der Waals surface area contributed by atoms with Crippen molar-refractivity contribution in [3.05, 3.63) is 0 Å². The summed E-state index contributed by atoms with van der Waals surface area (Å²) in [5.74, 6) is 2.61. The molecule has 2 atom stereocenters. The first-order chi connectivity index (χ1) is 9.45. The van der Waals surface area contributed by atoms with Gasteiger partial charge in [-0.3, -0.25) is 9.98 Å². The van der Waals surface area contributed by atoms with E-state index in [9.17, 15) is 0 Å². The zero-order valence-corrected chi connectivity index (χ0v) is 14.6. The molecule has 0 aromatic heterocycles. The average Bonchev–Trinajstić information content (AvgIpc) is 2.39. The summed E-state index contributed by atoms with van der Waals surface area (Å²) < 4.78 is 0. The molecule has 0 aromatic rings. The maximum atomic E-state index is 4.51. The molecule has 0 saturated carbocycles. The number of aliphatic imine (C=N–C) groups is 2. The Bertz CT molecular complexity index is 239. The summed E-state index contributed by atoms with van der Waals surface area (Å²) >= 11 is 0. The lowest BCUT2D eigenvalue weighted by molar-refractivity contribution is 0.537. The van der Waals surface area contributed by atoms with Crippen LogP contribution in [0.5, 0.6) is 0 Å². The van der Waals surface area contributed by atoms with Crippen molar-refractivity contribution in [3.8, 4) is 0 Å². The molecular weight excluding hydrogens is 244 g/mol. The molecule has 0 saturated heterocycles. The molecule has 0 N–H and O–H groups in total. The smallest absolute Gasteiger partial charge is 0.0385 e. The molecule has 0 aromatic carbocycles. The van der Waals surface area contributed by atoms with E-state index in [4.69, 9.17) is 0 Å².